The fourth-order valence-electron chi connectivity index (χ4n) is 2.68. The maximum Gasteiger partial charge on any atom is 0.255 e. The van der Waals surface area contributed by atoms with Gasteiger partial charge in [-0.2, -0.15) is 9.61 Å². The van der Waals surface area contributed by atoms with E-state index in [-0.39, 0.29) is 5.91 Å². The molecular weight excluding hydrogens is 346 g/mol. The van der Waals surface area contributed by atoms with Crippen LogP contribution in [-0.2, 0) is 6.42 Å². The van der Waals surface area contributed by atoms with E-state index in [1.54, 1.807) is 16.6 Å². The molecule has 0 saturated heterocycles. The lowest BCUT2D eigenvalue weighted by Gasteiger charge is -2.06. The third-order valence-electron chi connectivity index (χ3n) is 3.93. The van der Waals surface area contributed by atoms with Gasteiger partial charge in [0.15, 0.2) is 5.82 Å². The number of rotatable bonds is 5. The van der Waals surface area contributed by atoms with Gasteiger partial charge in [0.25, 0.3) is 5.91 Å². The molecule has 0 radical (unpaired) electrons. The number of hydrogen-bond donors (Lipinski definition) is 1. The van der Waals surface area contributed by atoms with Crippen LogP contribution in [0.25, 0.3) is 15.5 Å². The molecule has 0 atom stereocenters. The highest BCUT2D eigenvalue weighted by molar-refractivity contribution is 7.19. The number of nitrogens with zero attached hydrogens (tertiary/aromatic N) is 4. The van der Waals surface area contributed by atoms with Gasteiger partial charge in [-0.05, 0) is 30.7 Å². The highest BCUT2D eigenvalue weighted by Gasteiger charge is 2.13. The van der Waals surface area contributed by atoms with Crippen LogP contribution in [0.1, 0.15) is 29.5 Å². The van der Waals surface area contributed by atoms with Crippen molar-refractivity contribution in [1.29, 1.82) is 0 Å². The van der Waals surface area contributed by atoms with Crippen LogP contribution in [0.3, 0.4) is 0 Å². The topological polar surface area (TPSA) is 72.2 Å². The van der Waals surface area contributed by atoms with E-state index < -0.39 is 0 Å². The number of benzene rings is 2. The summed E-state index contributed by atoms with van der Waals surface area (Å²) >= 11 is 1.49. The Balaban J connectivity index is 1.60. The van der Waals surface area contributed by atoms with Crippen molar-refractivity contribution >= 4 is 27.9 Å². The molecule has 0 aliphatic rings. The van der Waals surface area contributed by atoms with E-state index in [1.807, 2.05) is 42.5 Å². The predicted molar refractivity (Wildman–Crippen MR) is 102 cm³/mol. The normalized spacial score (nSPS) is 11.0. The first-order valence-corrected chi connectivity index (χ1v) is 9.24. The first kappa shape index (κ1) is 16.4. The summed E-state index contributed by atoms with van der Waals surface area (Å²) in [5, 5.41) is 16.8. The van der Waals surface area contributed by atoms with Crippen molar-refractivity contribution in [2.75, 3.05) is 5.32 Å². The minimum atomic E-state index is -0.133. The molecule has 2 aromatic carbocycles. The van der Waals surface area contributed by atoms with Crippen molar-refractivity contribution in [3.05, 3.63) is 66.0 Å². The van der Waals surface area contributed by atoms with Gasteiger partial charge >= 0.3 is 0 Å². The average molecular weight is 363 g/mol. The molecule has 4 rings (SSSR count). The molecule has 26 heavy (non-hydrogen) atoms. The smallest absolute Gasteiger partial charge is 0.255 e. The first-order chi connectivity index (χ1) is 12.7. The number of amides is 1. The lowest BCUT2D eigenvalue weighted by molar-refractivity contribution is 0.102. The van der Waals surface area contributed by atoms with E-state index in [0.29, 0.717) is 5.56 Å². The van der Waals surface area contributed by atoms with Gasteiger partial charge in [0.2, 0.25) is 4.96 Å². The fraction of sp³-hybridized carbons (Fsp3) is 0.158. The molecule has 2 heterocycles. The number of anilines is 1. The number of hydrogen-bond acceptors (Lipinski definition) is 5. The largest absolute Gasteiger partial charge is 0.322 e. The predicted octanol–water partition coefficient (Wildman–Crippen LogP) is 4.06. The first-order valence-electron chi connectivity index (χ1n) is 8.42. The fourth-order valence-corrected chi connectivity index (χ4v) is 3.53. The summed E-state index contributed by atoms with van der Waals surface area (Å²) in [6.07, 6.45) is 1.84. The summed E-state index contributed by atoms with van der Waals surface area (Å²) in [4.78, 5) is 13.1. The van der Waals surface area contributed by atoms with E-state index in [4.69, 9.17) is 0 Å². The van der Waals surface area contributed by atoms with E-state index in [9.17, 15) is 4.79 Å². The van der Waals surface area contributed by atoms with E-state index in [1.165, 1.54) is 11.3 Å². The standard InChI is InChI=1S/C19H17N5OS/c1-2-7-16-21-22-19-24(16)23-18(26-19)14-10-6-11-15(12-14)20-17(25)13-8-4-3-5-9-13/h3-6,8-12H,2,7H2,1H3,(H,20,25). The summed E-state index contributed by atoms with van der Waals surface area (Å²) in [5.74, 6) is 0.740. The van der Waals surface area contributed by atoms with Gasteiger partial charge in [0, 0.05) is 23.2 Å². The van der Waals surface area contributed by atoms with E-state index >= 15 is 0 Å². The third kappa shape index (κ3) is 3.21. The molecule has 1 amide bonds. The zero-order valence-corrected chi connectivity index (χ0v) is 15.0. The maximum atomic E-state index is 12.3. The monoisotopic (exact) mass is 363 g/mol. The van der Waals surface area contributed by atoms with Crippen molar-refractivity contribution < 1.29 is 4.79 Å². The zero-order chi connectivity index (χ0) is 17.9. The Bertz CT molecular complexity index is 1050. The van der Waals surface area contributed by atoms with Crippen LogP contribution in [0, 0.1) is 0 Å². The van der Waals surface area contributed by atoms with Crippen LogP contribution in [0.2, 0.25) is 0 Å². The second-order valence-corrected chi connectivity index (χ2v) is 6.82. The molecule has 130 valence electrons. The van der Waals surface area contributed by atoms with Crippen molar-refractivity contribution in [1.82, 2.24) is 19.8 Å². The number of aryl methyl sites for hydroxylation is 1. The Morgan fingerprint density at radius 3 is 2.77 bits per heavy atom. The van der Waals surface area contributed by atoms with Crippen LogP contribution in [-0.4, -0.2) is 25.7 Å². The van der Waals surface area contributed by atoms with Gasteiger partial charge in [-0.25, -0.2) is 0 Å². The summed E-state index contributed by atoms with van der Waals surface area (Å²) < 4.78 is 1.80. The van der Waals surface area contributed by atoms with Crippen LogP contribution < -0.4 is 5.32 Å². The molecule has 0 unspecified atom stereocenters. The molecule has 2 aromatic heterocycles. The summed E-state index contributed by atoms with van der Waals surface area (Å²) in [5.41, 5.74) is 2.30. The summed E-state index contributed by atoms with van der Waals surface area (Å²) in [7, 11) is 0. The zero-order valence-electron chi connectivity index (χ0n) is 14.2. The highest BCUT2D eigenvalue weighted by atomic mass is 32.1. The molecule has 6 nitrogen and oxygen atoms in total. The molecule has 0 spiro atoms. The number of fused-ring (bicyclic) bond motifs is 1. The number of aromatic nitrogens is 4. The van der Waals surface area contributed by atoms with Crippen molar-refractivity contribution in [3.63, 3.8) is 0 Å². The quantitative estimate of drug-likeness (QED) is 0.580. The van der Waals surface area contributed by atoms with Gasteiger partial charge in [-0.1, -0.05) is 48.6 Å². The Hall–Kier alpha value is -3.06. The van der Waals surface area contributed by atoms with Crippen LogP contribution in [0.15, 0.2) is 54.6 Å². The van der Waals surface area contributed by atoms with Gasteiger partial charge in [-0.3, -0.25) is 4.79 Å². The highest BCUT2D eigenvalue weighted by Crippen LogP contribution is 2.27. The Morgan fingerprint density at radius 1 is 1.12 bits per heavy atom. The van der Waals surface area contributed by atoms with Crippen molar-refractivity contribution in [3.8, 4) is 10.6 Å². The second-order valence-electron chi connectivity index (χ2n) is 5.87. The lowest BCUT2D eigenvalue weighted by atomic mass is 10.2. The molecule has 1 N–H and O–H groups in total. The second kappa shape index (κ2) is 7.05. The molecule has 0 saturated carbocycles. The molecule has 0 bridgehead atoms. The number of carbonyl (C=O) groups excluding carboxylic acids is 1. The summed E-state index contributed by atoms with van der Waals surface area (Å²) in [6.45, 7) is 2.10. The van der Waals surface area contributed by atoms with Gasteiger partial charge in [0.1, 0.15) is 5.01 Å². The van der Waals surface area contributed by atoms with Gasteiger partial charge < -0.3 is 5.32 Å². The van der Waals surface area contributed by atoms with Crippen LogP contribution >= 0.6 is 11.3 Å². The van der Waals surface area contributed by atoms with Crippen LogP contribution in [0.5, 0.6) is 0 Å². The molecule has 0 fully saturated rings. The molecule has 0 aliphatic heterocycles. The van der Waals surface area contributed by atoms with Gasteiger partial charge in [-0.15, -0.1) is 10.2 Å². The SMILES string of the molecule is CCCc1nnc2sc(-c3cccc(NC(=O)c4ccccc4)c3)nn12. The minimum Gasteiger partial charge on any atom is -0.322 e. The third-order valence-corrected chi connectivity index (χ3v) is 4.88. The molecular formula is C19H17N5OS. The number of nitrogens with one attached hydrogen (secondary N) is 1. The van der Waals surface area contributed by atoms with Crippen LogP contribution in [0.4, 0.5) is 5.69 Å². The van der Waals surface area contributed by atoms with Crippen molar-refractivity contribution in [2.24, 2.45) is 0 Å². The maximum absolute atomic E-state index is 12.3. The van der Waals surface area contributed by atoms with Crippen molar-refractivity contribution in [2.45, 2.75) is 19.8 Å². The summed E-state index contributed by atoms with van der Waals surface area (Å²) in [6, 6.07) is 16.8. The van der Waals surface area contributed by atoms with E-state index in [0.717, 1.165) is 39.9 Å². The van der Waals surface area contributed by atoms with Gasteiger partial charge in [0.05, 0.1) is 0 Å². The molecule has 7 heteroatoms. The molecule has 4 aromatic rings. The lowest BCUT2D eigenvalue weighted by Crippen LogP contribution is -2.11. The average Bonchev–Trinajstić information content (AvgIpc) is 3.25. The minimum absolute atomic E-state index is 0.133. The van der Waals surface area contributed by atoms with E-state index in [2.05, 4.69) is 27.5 Å². The number of carbonyl (C=O) groups is 1. The Kier molecular flexibility index (Phi) is 4.45. The molecule has 0 aliphatic carbocycles. The Labute approximate surface area is 154 Å². The Morgan fingerprint density at radius 2 is 1.96 bits per heavy atom.